The van der Waals surface area contributed by atoms with Gasteiger partial charge in [-0.25, -0.2) is 0 Å². The molecule has 0 radical (unpaired) electrons. The fraction of sp³-hybridized carbons (Fsp3) is 0.385. The maximum atomic E-state index is 12.3. The Morgan fingerprint density at radius 3 is 2.44 bits per heavy atom. The van der Waals surface area contributed by atoms with E-state index in [1.807, 2.05) is 0 Å². The topological polar surface area (TPSA) is 21.3 Å². The smallest absolute Gasteiger partial charge is 0.416 e. The summed E-state index contributed by atoms with van der Waals surface area (Å²) in [5, 5.41) is 3.12. The van der Waals surface area contributed by atoms with Gasteiger partial charge in [0.05, 0.1) is 18.4 Å². The molecule has 0 saturated carbocycles. The van der Waals surface area contributed by atoms with Crippen molar-refractivity contribution in [1.29, 1.82) is 0 Å². The van der Waals surface area contributed by atoms with E-state index < -0.39 is 11.7 Å². The van der Waals surface area contributed by atoms with E-state index in [0.717, 1.165) is 30.7 Å². The summed E-state index contributed by atoms with van der Waals surface area (Å²) in [6.07, 6.45) is -2.06. The van der Waals surface area contributed by atoms with Crippen LogP contribution in [0.25, 0.3) is 0 Å². The maximum Gasteiger partial charge on any atom is 0.416 e. The van der Waals surface area contributed by atoms with Crippen molar-refractivity contribution in [3.8, 4) is 0 Å². The Morgan fingerprint density at radius 2 is 1.89 bits per heavy atom. The molecule has 2 nitrogen and oxygen atoms in total. The van der Waals surface area contributed by atoms with Crippen molar-refractivity contribution in [2.75, 3.05) is 13.2 Å². The molecule has 1 N–H and O–H groups in total. The van der Waals surface area contributed by atoms with Gasteiger partial charge in [-0.3, -0.25) is 0 Å². The molecule has 0 heterocycles. The number of hydrogen-bond donors (Lipinski definition) is 1. The van der Waals surface area contributed by atoms with Crippen molar-refractivity contribution >= 4 is 0 Å². The molecule has 1 rings (SSSR count). The van der Waals surface area contributed by atoms with Gasteiger partial charge < -0.3 is 10.1 Å². The van der Waals surface area contributed by atoms with Gasteiger partial charge in [0.2, 0.25) is 0 Å². The van der Waals surface area contributed by atoms with Gasteiger partial charge in [-0.15, -0.1) is 0 Å². The van der Waals surface area contributed by atoms with Crippen LogP contribution in [0.4, 0.5) is 13.2 Å². The fourth-order valence-corrected chi connectivity index (χ4v) is 1.41. The minimum Gasteiger partial charge on any atom is -0.502 e. The lowest BCUT2D eigenvalue weighted by molar-refractivity contribution is -0.137. The molecule has 0 unspecified atom stereocenters. The van der Waals surface area contributed by atoms with E-state index in [4.69, 9.17) is 4.74 Å². The van der Waals surface area contributed by atoms with Crippen LogP contribution in [0.15, 0.2) is 37.1 Å². The first-order valence-corrected chi connectivity index (χ1v) is 5.63. The lowest BCUT2D eigenvalue weighted by Crippen LogP contribution is -2.16. The zero-order valence-electron chi connectivity index (χ0n) is 9.96. The molecule has 0 aliphatic heterocycles. The SMILES string of the molecule is C=COCCCNCc1ccc(C(F)(F)F)cc1. The van der Waals surface area contributed by atoms with Crippen LogP contribution in [0, 0.1) is 0 Å². The molecule has 0 bridgehead atoms. The van der Waals surface area contributed by atoms with E-state index in [9.17, 15) is 13.2 Å². The molecule has 100 valence electrons. The molecule has 1 aromatic rings. The molecule has 0 amide bonds. The third-order valence-corrected chi connectivity index (χ3v) is 2.34. The van der Waals surface area contributed by atoms with Crippen LogP contribution in [-0.4, -0.2) is 13.2 Å². The summed E-state index contributed by atoms with van der Waals surface area (Å²) in [5.41, 5.74) is 0.207. The molecule has 18 heavy (non-hydrogen) atoms. The van der Waals surface area contributed by atoms with Crippen molar-refractivity contribution in [3.05, 3.63) is 48.2 Å². The minimum atomic E-state index is -4.27. The first-order chi connectivity index (χ1) is 8.54. The lowest BCUT2D eigenvalue weighted by atomic mass is 10.1. The molecule has 0 spiro atoms. The molecule has 0 aliphatic carbocycles. The summed E-state index contributed by atoms with van der Waals surface area (Å²) < 4.78 is 41.9. The van der Waals surface area contributed by atoms with Gasteiger partial charge in [0.25, 0.3) is 0 Å². The van der Waals surface area contributed by atoms with Gasteiger partial charge in [0, 0.05) is 6.54 Å². The quantitative estimate of drug-likeness (QED) is 0.599. The Labute approximate surface area is 104 Å². The Hall–Kier alpha value is -1.49. The van der Waals surface area contributed by atoms with Crippen molar-refractivity contribution in [3.63, 3.8) is 0 Å². The Morgan fingerprint density at radius 1 is 1.22 bits per heavy atom. The highest BCUT2D eigenvalue weighted by molar-refractivity contribution is 5.24. The molecule has 0 aliphatic rings. The number of rotatable bonds is 7. The van der Waals surface area contributed by atoms with Gasteiger partial charge in [0.15, 0.2) is 0 Å². The van der Waals surface area contributed by atoms with Gasteiger partial charge >= 0.3 is 6.18 Å². The van der Waals surface area contributed by atoms with Crippen molar-refractivity contribution < 1.29 is 17.9 Å². The second kappa shape index (κ2) is 7.06. The second-order valence-corrected chi connectivity index (χ2v) is 3.76. The standard InChI is InChI=1S/C13H16F3NO/c1-2-18-9-3-8-17-10-11-4-6-12(7-5-11)13(14,15)16/h2,4-7,17H,1,3,8-10H2. The largest absolute Gasteiger partial charge is 0.502 e. The number of halogens is 3. The predicted octanol–water partition coefficient (Wildman–Crippen LogP) is 3.35. The lowest BCUT2D eigenvalue weighted by Gasteiger charge is -2.08. The summed E-state index contributed by atoms with van der Waals surface area (Å²) in [6, 6.07) is 5.15. The van der Waals surface area contributed by atoms with Gasteiger partial charge in [-0.1, -0.05) is 18.7 Å². The van der Waals surface area contributed by atoms with Crippen molar-refractivity contribution in [2.24, 2.45) is 0 Å². The van der Waals surface area contributed by atoms with E-state index in [-0.39, 0.29) is 0 Å². The average molecular weight is 259 g/mol. The average Bonchev–Trinajstić information content (AvgIpc) is 2.33. The van der Waals surface area contributed by atoms with Gasteiger partial charge in [-0.2, -0.15) is 13.2 Å². The molecule has 5 heteroatoms. The second-order valence-electron chi connectivity index (χ2n) is 3.76. The van der Waals surface area contributed by atoms with Crippen LogP contribution in [-0.2, 0) is 17.5 Å². The molecular formula is C13H16F3NO. The van der Waals surface area contributed by atoms with Crippen LogP contribution in [0.5, 0.6) is 0 Å². The van der Waals surface area contributed by atoms with Gasteiger partial charge in [0.1, 0.15) is 0 Å². The number of ether oxygens (including phenoxy) is 1. The van der Waals surface area contributed by atoms with Crippen LogP contribution >= 0.6 is 0 Å². The van der Waals surface area contributed by atoms with Gasteiger partial charge in [-0.05, 0) is 30.7 Å². The zero-order chi connectivity index (χ0) is 13.4. The Bertz CT molecular complexity index is 359. The predicted molar refractivity (Wildman–Crippen MR) is 63.9 cm³/mol. The third kappa shape index (κ3) is 5.23. The molecule has 0 saturated heterocycles. The number of benzene rings is 1. The maximum absolute atomic E-state index is 12.3. The summed E-state index contributed by atoms with van der Waals surface area (Å²) in [5.74, 6) is 0. The summed E-state index contributed by atoms with van der Waals surface area (Å²) in [6.45, 7) is 5.30. The highest BCUT2D eigenvalue weighted by Gasteiger charge is 2.29. The molecule has 0 atom stereocenters. The summed E-state index contributed by atoms with van der Waals surface area (Å²) in [4.78, 5) is 0. The van der Waals surface area contributed by atoms with E-state index >= 15 is 0 Å². The Kier molecular flexibility index (Phi) is 5.71. The highest BCUT2D eigenvalue weighted by Crippen LogP contribution is 2.28. The van der Waals surface area contributed by atoms with Crippen LogP contribution in [0.3, 0.4) is 0 Å². The van der Waals surface area contributed by atoms with E-state index in [0.29, 0.717) is 13.2 Å². The van der Waals surface area contributed by atoms with Crippen LogP contribution in [0.2, 0.25) is 0 Å². The monoisotopic (exact) mass is 259 g/mol. The molecule has 0 fully saturated rings. The number of nitrogens with one attached hydrogen (secondary N) is 1. The third-order valence-electron chi connectivity index (χ3n) is 2.34. The molecule has 1 aromatic carbocycles. The number of alkyl halides is 3. The van der Waals surface area contributed by atoms with E-state index in [1.54, 1.807) is 0 Å². The van der Waals surface area contributed by atoms with E-state index in [2.05, 4.69) is 11.9 Å². The van der Waals surface area contributed by atoms with Crippen LogP contribution < -0.4 is 5.32 Å². The van der Waals surface area contributed by atoms with Crippen LogP contribution in [0.1, 0.15) is 17.5 Å². The highest BCUT2D eigenvalue weighted by atomic mass is 19.4. The van der Waals surface area contributed by atoms with Crippen molar-refractivity contribution in [1.82, 2.24) is 5.32 Å². The van der Waals surface area contributed by atoms with Crippen molar-refractivity contribution in [2.45, 2.75) is 19.1 Å². The summed E-state index contributed by atoms with van der Waals surface area (Å²) in [7, 11) is 0. The van der Waals surface area contributed by atoms with E-state index in [1.165, 1.54) is 18.4 Å². The molecule has 0 aromatic heterocycles. The minimum absolute atomic E-state index is 0.548. The Balaban J connectivity index is 2.29. The normalized spacial score (nSPS) is 11.3. The zero-order valence-corrected chi connectivity index (χ0v) is 9.96. The first kappa shape index (κ1) is 14.6. The first-order valence-electron chi connectivity index (χ1n) is 5.63. The fourth-order valence-electron chi connectivity index (χ4n) is 1.41. The molecular weight excluding hydrogens is 243 g/mol. The number of hydrogen-bond acceptors (Lipinski definition) is 2. The summed E-state index contributed by atoms with van der Waals surface area (Å²) >= 11 is 0.